The van der Waals surface area contributed by atoms with Gasteiger partial charge in [0.05, 0.1) is 17.1 Å². The molecule has 3 aromatic rings. The zero-order valence-corrected chi connectivity index (χ0v) is 11.7. The third-order valence-corrected chi connectivity index (χ3v) is 3.40. The zero-order valence-electron chi connectivity index (χ0n) is 11.0. The fraction of sp³-hybridized carbons (Fsp3) is 0.0667. The molecule has 0 aliphatic carbocycles. The van der Waals surface area contributed by atoms with Crippen molar-refractivity contribution < 1.29 is 9.32 Å². The number of benzene rings is 2. The minimum atomic E-state index is -0.198. The van der Waals surface area contributed by atoms with Gasteiger partial charge < -0.3 is 15.6 Å². The highest BCUT2D eigenvalue weighted by molar-refractivity contribution is 6.33. The monoisotopic (exact) mass is 301 g/mol. The number of nitrogens with one attached hydrogen (secondary N) is 1. The Morgan fingerprint density at radius 2 is 2.10 bits per heavy atom. The molecule has 0 saturated heterocycles. The summed E-state index contributed by atoms with van der Waals surface area (Å²) in [5.74, 6) is -0.198. The van der Waals surface area contributed by atoms with Gasteiger partial charge in [0.25, 0.3) is 0 Å². The van der Waals surface area contributed by atoms with Crippen molar-refractivity contribution in [3.8, 4) is 0 Å². The average molecular weight is 302 g/mol. The van der Waals surface area contributed by atoms with Crippen LogP contribution in [0.4, 0.5) is 11.4 Å². The predicted molar refractivity (Wildman–Crippen MR) is 82.2 cm³/mol. The fourth-order valence-corrected chi connectivity index (χ4v) is 2.16. The minimum absolute atomic E-state index is 0.125. The minimum Gasteiger partial charge on any atom is -0.397 e. The standard InChI is InChI=1S/C15H12ClN3O2/c16-11-6-5-9(7-12(11)17)18-15(20)8-13-10-3-1-2-4-14(10)21-19-13/h1-7H,8,17H2,(H,18,20). The van der Waals surface area contributed by atoms with E-state index >= 15 is 0 Å². The lowest BCUT2D eigenvalue weighted by Crippen LogP contribution is -2.14. The van der Waals surface area contributed by atoms with Crippen LogP contribution in [0.3, 0.4) is 0 Å². The van der Waals surface area contributed by atoms with E-state index in [0.29, 0.717) is 27.7 Å². The van der Waals surface area contributed by atoms with E-state index in [1.165, 1.54) is 0 Å². The first-order valence-corrected chi connectivity index (χ1v) is 6.69. The van der Waals surface area contributed by atoms with Crippen LogP contribution in [0.15, 0.2) is 47.0 Å². The van der Waals surface area contributed by atoms with Crippen molar-refractivity contribution in [1.82, 2.24) is 5.16 Å². The Bertz CT molecular complexity index is 814. The summed E-state index contributed by atoms with van der Waals surface area (Å²) in [5, 5.41) is 7.97. The number of anilines is 2. The molecule has 6 heteroatoms. The van der Waals surface area contributed by atoms with Crippen molar-refractivity contribution in [2.45, 2.75) is 6.42 Å². The Balaban J connectivity index is 1.75. The molecule has 21 heavy (non-hydrogen) atoms. The summed E-state index contributed by atoms with van der Waals surface area (Å²) in [7, 11) is 0. The summed E-state index contributed by atoms with van der Waals surface area (Å²) in [6.45, 7) is 0. The van der Waals surface area contributed by atoms with Crippen molar-refractivity contribution in [3.63, 3.8) is 0 Å². The Morgan fingerprint density at radius 3 is 2.90 bits per heavy atom. The number of carbonyl (C=O) groups is 1. The van der Waals surface area contributed by atoms with Gasteiger partial charge in [-0.05, 0) is 30.3 Å². The molecule has 0 radical (unpaired) electrons. The van der Waals surface area contributed by atoms with Crippen molar-refractivity contribution in [2.24, 2.45) is 0 Å². The van der Waals surface area contributed by atoms with Gasteiger partial charge in [0, 0.05) is 11.1 Å². The van der Waals surface area contributed by atoms with E-state index in [2.05, 4.69) is 10.5 Å². The van der Waals surface area contributed by atoms with E-state index in [9.17, 15) is 4.79 Å². The molecular formula is C15H12ClN3O2. The summed E-state index contributed by atoms with van der Waals surface area (Å²) < 4.78 is 5.17. The second-order valence-electron chi connectivity index (χ2n) is 4.59. The molecule has 3 N–H and O–H groups in total. The topological polar surface area (TPSA) is 81.1 Å². The van der Waals surface area contributed by atoms with Gasteiger partial charge in [-0.3, -0.25) is 4.79 Å². The van der Waals surface area contributed by atoms with E-state index in [4.69, 9.17) is 21.9 Å². The van der Waals surface area contributed by atoms with Gasteiger partial charge in [0.1, 0.15) is 5.69 Å². The van der Waals surface area contributed by atoms with E-state index in [1.807, 2.05) is 24.3 Å². The van der Waals surface area contributed by atoms with Crippen molar-refractivity contribution >= 4 is 39.9 Å². The van der Waals surface area contributed by atoms with Crippen LogP contribution in [0.1, 0.15) is 5.69 Å². The number of aromatic nitrogens is 1. The van der Waals surface area contributed by atoms with Crippen molar-refractivity contribution in [1.29, 1.82) is 0 Å². The number of rotatable bonds is 3. The molecule has 0 unspecified atom stereocenters. The summed E-state index contributed by atoms with van der Waals surface area (Å²) >= 11 is 5.84. The summed E-state index contributed by atoms with van der Waals surface area (Å²) in [6.07, 6.45) is 0.125. The number of halogens is 1. The lowest BCUT2D eigenvalue weighted by molar-refractivity contribution is -0.115. The quantitative estimate of drug-likeness (QED) is 0.728. The second-order valence-corrected chi connectivity index (χ2v) is 4.99. The first-order chi connectivity index (χ1) is 10.1. The number of hydrogen-bond acceptors (Lipinski definition) is 4. The number of para-hydroxylation sites is 1. The summed E-state index contributed by atoms with van der Waals surface area (Å²) in [5.41, 5.74) is 7.97. The molecule has 0 bridgehead atoms. The molecule has 2 aromatic carbocycles. The van der Waals surface area contributed by atoms with Crippen LogP contribution in [-0.2, 0) is 11.2 Å². The van der Waals surface area contributed by atoms with E-state index in [-0.39, 0.29) is 12.3 Å². The first-order valence-electron chi connectivity index (χ1n) is 6.31. The number of nitrogen functional groups attached to an aromatic ring is 1. The first kappa shape index (κ1) is 13.5. The zero-order chi connectivity index (χ0) is 14.8. The second kappa shape index (κ2) is 5.46. The fourth-order valence-electron chi connectivity index (χ4n) is 2.04. The molecule has 0 spiro atoms. The number of nitrogens with zero attached hydrogens (tertiary/aromatic N) is 1. The van der Waals surface area contributed by atoms with Gasteiger partial charge in [-0.15, -0.1) is 0 Å². The molecule has 106 valence electrons. The largest absolute Gasteiger partial charge is 0.397 e. The summed E-state index contributed by atoms with van der Waals surface area (Å²) in [6, 6.07) is 12.4. The molecule has 0 aliphatic rings. The van der Waals surface area contributed by atoms with Crippen LogP contribution in [0.5, 0.6) is 0 Å². The van der Waals surface area contributed by atoms with Crippen LogP contribution >= 0.6 is 11.6 Å². The molecule has 0 aliphatic heterocycles. The Kier molecular flexibility index (Phi) is 3.50. The number of carbonyl (C=O) groups excluding carboxylic acids is 1. The third kappa shape index (κ3) is 2.83. The van der Waals surface area contributed by atoms with Crippen LogP contribution < -0.4 is 11.1 Å². The van der Waals surface area contributed by atoms with Gasteiger partial charge in [-0.2, -0.15) is 0 Å². The Morgan fingerprint density at radius 1 is 1.29 bits per heavy atom. The van der Waals surface area contributed by atoms with Gasteiger partial charge >= 0.3 is 0 Å². The molecule has 3 rings (SSSR count). The van der Waals surface area contributed by atoms with E-state index < -0.39 is 0 Å². The molecule has 0 atom stereocenters. The van der Waals surface area contributed by atoms with E-state index in [1.54, 1.807) is 18.2 Å². The number of fused-ring (bicyclic) bond motifs is 1. The lowest BCUT2D eigenvalue weighted by Gasteiger charge is -2.06. The Labute approximate surface area is 125 Å². The highest BCUT2D eigenvalue weighted by Gasteiger charge is 2.12. The molecule has 1 amide bonds. The van der Waals surface area contributed by atoms with Crippen LogP contribution in [-0.4, -0.2) is 11.1 Å². The van der Waals surface area contributed by atoms with Crippen LogP contribution in [0, 0.1) is 0 Å². The molecule has 1 heterocycles. The average Bonchev–Trinajstić information content (AvgIpc) is 2.86. The highest BCUT2D eigenvalue weighted by Crippen LogP contribution is 2.23. The van der Waals surface area contributed by atoms with Gasteiger partial charge in [0.15, 0.2) is 5.58 Å². The van der Waals surface area contributed by atoms with Crippen molar-refractivity contribution in [2.75, 3.05) is 11.1 Å². The molecule has 0 saturated carbocycles. The van der Waals surface area contributed by atoms with Crippen LogP contribution in [0.25, 0.3) is 11.0 Å². The predicted octanol–water partition coefficient (Wildman–Crippen LogP) is 3.24. The number of nitrogens with two attached hydrogens (primary N) is 1. The normalized spacial score (nSPS) is 10.7. The number of amides is 1. The molecular weight excluding hydrogens is 290 g/mol. The Hall–Kier alpha value is -2.53. The SMILES string of the molecule is Nc1cc(NC(=O)Cc2noc3ccccc23)ccc1Cl. The summed E-state index contributed by atoms with van der Waals surface area (Å²) in [4.78, 5) is 12.1. The van der Waals surface area contributed by atoms with Gasteiger partial charge in [0.2, 0.25) is 5.91 Å². The maximum Gasteiger partial charge on any atom is 0.230 e. The van der Waals surface area contributed by atoms with Crippen molar-refractivity contribution in [3.05, 3.63) is 53.2 Å². The van der Waals surface area contributed by atoms with Gasteiger partial charge in [-0.1, -0.05) is 28.9 Å². The third-order valence-electron chi connectivity index (χ3n) is 3.06. The van der Waals surface area contributed by atoms with Crippen LogP contribution in [0.2, 0.25) is 5.02 Å². The number of hydrogen-bond donors (Lipinski definition) is 2. The molecule has 5 nitrogen and oxygen atoms in total. The maximum absolute atomic E-state index is 12.1. The highest BCUT2D eigenvalue weighted by atomic mass is 35.5. The van der Waals surface area contributed by atoms with Gasteiger partial charge in [-0.25, -0.2) is 0 Å². The molecule has 1 aromatic heterocycles. The lowest BCUT2D eigenvalue weighted by atomic mass is 10.1. The maximum atomic E-state index is 12.1. The van der Waals surface area contributed by atoms with E-state index in [0.717, 1.165) is 5.39 Å². The smallest absolute Gasteiger partial charge is 0.230 e. The molecule has 0 fully saturated rings.